The van der Waals surface area contributed by atoms with Crippen LogP contribution in [-0.4, -0.2) is 43.2 Å². The average Bonchev–Trinajstić information content (AvgIpc) is 1.47. The van der Waals surface area contributed by atoms with Gasteiger partial charge >= 0.3 is 0 Å². The van der Waals surface area contributed by atoms with Crippen molar-refractivity contribution in [2.45, 2.75) is 244 Å². The van der Waals surface area contributed by atoms with E-state index < -0.39 is 5.41 Å². The number of hydrogen-bond donors (Lipinski definition) is 0. The van der Waals surface area contributed by atoms with Crippen molar-refractivity contribution in [1.29, 1.82) is 5.26 Å². The van der Waals surface area contributed by atoms with Crippen LogP contribution in [-0.2, 0) is 31.3 Å². The summed E-state index contributed by atoms with van der Waals surface area (Å²) < 4.78 is 12.3. The Balaban J connectivity index is 0.000000333. The molecule has 15 atom stereocenters. The largest absolute Gasteiger partial charge is 0.461 e. The van der Waals surface area contributed by atoms with Gasteiger partial charge in [-0.3, -0.25) is 14.5 Å². The molecule has 0 N–H and O–H groups in total. The van der Waals surface area contributed by atoms with Crippen LogP contribution in [0.2, 0.25) is 0 Å². The second-order valence-corrected chi connectivity index (χ2v) is 41.8. The van der Waals surface area contributed by atoms with E-state index >= 15 is 0 Å². The minimum Gasteiger partial charge on any atom is -0.461 e. The van der Waals surface area contributed by atoms with Gasteiger partial charge in [-0.25, -0.2) is 20.1 Å². The minimum atomic E-state index is -0.523. The van der Waals surface area contributed by atoms with Crippen LogP contribution >= 0.6 is 0 Å². The van der Waals surface area contributed by atoms with E-state index in [-0.39, 0.29) is 59.3 Å². The second kappa shape index (κ2) is 26.6. The van der Waals surface area contributed by atoms with Gasteiger partial charge in [0.2, 0.25) is 0 Å². The van der Waals surface area contributed by atoms with E-state index in [4.69, 9.17) is 21.3 Å². The summed E-state index contributed by atoms with van der Waals surface area (Å²) in [4.78, 5) is 26.2. The number of imidazole rings is 2. The first-order valence-corrected chi connectivity index (χ1v) is 42.4. The molecule has 3 aromatic carbocycles. The maximum Gasteiger partial charge on any atom is 0.269 e. The number of hydrogen-bond acceptors (Lipinski definition) is 7. The van der Waals surface area contributed by atoms with Gasteiger partial charge < -0.3 is 14.2 Å². The van der Waals surface area contributed by atoms with Crippen molar-refractivity contribution in [3.8, 4) is 40.5 Å². The van der Waals surface area contributed by atoms with Crippen LogP contribution in [0.4, 0.5) is 5.69 Å². The van der Waals surface area contributed by atoms with Gasteiger partial charge in [-0.2, -0.15) is 12.1 Å². The standard InChI is InChI=1S/C80H100N6O.C20H22N3.Ir/c1-40(2)45-23-22-24-46(41(3)4)71(45)86-34-33-83-73(86)54-32-27-47-49-36-43(37-55(47)84-54)66(49)80(74(5,6)7,75(8,9)10)57-38-42(56(39-81)82-19)35-44(87-57)25-26-48-58-64(69-62-52-30-28-50(76(52,11)12)60(62)67(58)78(69,15)16)72(85(20)21)65-59(48)68-61-51-29-31-53(77(51,13)14)63(61)70(65)79(68,17)18;1-14(2)16-8-7-9-17(15(3)4)19(16)23-13-12-22-20(23)18-10-5-6-11-21-18;/h22-27,32-35,38,40-41,43,49-53,60-63,66-70H,28-31,36-37H2,1-18,20-21H3;5-9,11-15H,1-4H3;/q;-1;/b26-25+,56-42+;;. The number of fused-ring (bicyclic) bond motifs is 28. The summed E-state index contributed by atoms with van der Waals surface area (Å²) in [6, 6.07) is 27.3. The van der Waals surface area contributed by atoms with E-state index in [9.17, 15) is 5.26 Å². The summed E-state index contributed by atoms with van der Waals surface area (Å²) in [5, 5.41) is 10.9. The zero-order valence-electron chi connectivity index (χ0n) is 70.9. The van der Waals surface area contributed by atoms with Gasteiger partial charge in [-0.15, -0.1) is 6.07 Å². The fourth-order valence-corrected chi connectivity index (χ4v) is 28.8. The Morgan fingerprint density at radius 1 is 0.613 bits per heavy atom. The second-order valence-electron chi connectivity index (χ2n) is 41.8. The third kappa shape index (κ3) is 10.8. The first-order valence-electron chi connectivity index (χ1n) is 42.4. The van der Waals surface area contributed by atoms with E-state index in [1.807, 2.05) is 36.8 Å². The number of nitriles is 1. The predicted molar refractivity (Wildman–Crippen MR) is 447 cm³/mol. The minimum absolute atomic E-state index is 0. The number of nitrogens with zero attached hydrogens (tertiary/aromatic N) is 9. The molecule has 0 amide bonds. The number of aromatic nitrogens is 6. The quantitative estimate of drug-likeness (QED) is 0.0644. The molecule has 10 nitrogen and oxygen atoms in total. The molecule has 1 aliphatic heterocycles. The smallest absolute Gasteiger partial charge is 0.269 e. The van der Waals surface area contributed by atoms with Gasteiger partial charge in [0, 0.05) is 81.5 Å². The fraction of sp³-hybridized carbons (Fsp3) is 0.560. The topological polar surface area (TPSA) is 102 Å². The molecule has 111 heavy (non-hydrogen) atoms. The first-order chi connectivity index (χ1) is 52.0. The van der Waals surface area contributed by atoms with Gasteiger partial charge in [0.05, 0.1) is 24.2 Å². The summed E-state index contributed by atoms with van der Waals surface area (Å²) in [5.41, 5.74) is 22.5. The van der Waals surface area contributed by atoms with Crippen LogP contribution in [0.3, 0.4) is 0 Å². The van der Waals surface area contributed by atoms with Crippen LogP contribution < -0.4 is 4.90 Å². The molecule has 18 rings (SSSR count). The Morgan fingerprint density at radius 2 is 1.08 bits per heavy atom. The van der Waals surface area contributed by atoms with Crippen LogP contribution in [0.5, 0.6) is 0 Å². The Labute approximate surface area is 678 Å². The Hall–Kier alpha value is -7.43. The van der Waals surface area contributed by atoms with Crippen molar-refractivity contribution in [2.24, 2.45) is 97.1 Å². The summed E-state index contributed by atoms with van der Waals surface area (Å²) in [6.45, 7) is 62.5. The number of ether oxygens (including phenoxy) is 1. The van der Waals surface area contributed by atoms with Gasteiger partial charge in [0.15, 0.2) is 5.82 Å². The molecule has 4 aromatic heterocycles. The third-order valence-electron chi connectivity index (χ3n) is 32.1. The fourth-order valence-electron chi connectivity index (χ4n) is 28.8. The monoisotopic (exact) mass is 1660 g/mol. The van der Waals surface area contributed by atoms with Gasteiger partial charge in [0.1, 0.15) is 17.2 Å². The molecule has 7 saturated carbocycles. The zero-order valence-corrected chi connectivity index (χ0v) is 73.3. The summed E-state index contributed by atoms with van der Waals surface area (Å²) in [6.07, 6.45) is 26.3. The Bertz CT molecular complexity index is 4950. The number of anilines is 1. The van der Waals surface area contributed by atoms with E-state index in [0.29, 0.717) is 81.5 Å². The predicted octanol–water partition coefficient (Wildman–Crippen LogP) is 24.8. The van der Waals surface area contributed by atoms with E-state index in [1.165, 1.54) is 76.1 Å². The molecule has 0 saturated heterocycles. The summed E-state index contributed by atoms with van der Waals surface area (Å²) in [7, 11) is 4.79. The van der Waals surface area contributed by atoms with Crippen LogP contribution in [0, 0.1) is 121 Å². The number of para-hydroxylation sites is 2. The molecule has 10 aliphatic carbocycles. The molecule has 7 aromatic rings. The van der Waals surface area contributed by atoms with Crippen molar-refractivity contribution in [1.82, 2.24) is 29.1 Å². The Morgan fingerprint density at radius 3 is 1.51 bits per heavy atom. The van der Waals surface area contributed by atoms with Gasteiger partial charge in [-0.05, 0) is 281 Å². The van der Waals surface area contributed by atoms with Crippen molar-refractivity contribution in [3.63, 3.8) is 0 Å². The number of rotatable bonds is 13. The van der Waals surface area contributed by atoms with Crippen LogP contribution in [0.15, 0.2) is 133 Å². The van der Waals surface area contributed by atoms with E-state index in [2.05, 4.69) is 280 Å². The number of allylic oxidation sites excluding steroid dienone is 6. The molecule has 15 unspecified atom stereocenters. The summed E-state index contributed by atoms with van der Waals surface area (Å²) >= 11 is 0. The number of benzene rings is 3. The zero-order chi connectivity index (χ0) is 78.2. The SMILES string of the molecule is CC(C)c1cccc(C(C)C)c1-n1ccnc1-c1[c-]cccn1.[C-]#[N+]/C(C#N)=C1C=C(/C=C/c2c3c(c(N(C)C)c4c2C2C5C(C6CCC5C6(C)C)C4C2(C)C)C2C4C(C5CCC4C5(C)C)C3C2(C)C)OC(C(C2C3Cc4nc(-c5nccn5-c5c(C(C)C)cccc5C(C)C)ccc4C2C3)(C(C)(C)C)C(C)(C)C)=C\1.[Ir]. The maximum atomic E-state index is 10.9. The van der Waals surface area contributed by atoms with Gasteiger partial charge in [0.25, 0.3) is 5.70 Å². The molecule has 11 aliphatic rings. The van der Waals surface area contributed by atoms with Gasteiger partial charge in [-0.1, -0.05) is 201 Å². The molecular weight excluding hydrogens is 1540 g/mol. The maximum absolute atomic E-state index is 10.9. The summed E-state index contributed by atoms with van der Waals surface area (Å²) in [5.74, 6) is 13.6. The first kappa shape index (κ1) is 77.5. The number of pyridine rings is 2. The van der Waals surface area contributed by atoms with Crippen molar-refractivity contribution in [2.75, 3.05) is 19.0 Å². The molecule has 7 fully saturated rings. The molecular formula is C100H122IrN9O-. The molecule has 10 bridgehead atoms. The van der Waals surface area contributed by atoms with Crippen LogP contribution in [0.1, 0.15) is 299 Å². The molecule has 0 spiro atoms. The molecule has 11 heteroatoms. The Kier molecular flexibility index (Phi) is 18.6. The van der Waals surface area contributed by atoms with E-state index in [0.717, 1.165) is 82.9 Å². The molecule has 583 valence electrons. The molecule has 5 heterocycles. The van der Waals surface area contributed by atoms with Crippen molar-refractivity contribution >= 4 is 11.8 Å². The third-order valence-corrected chi connectivity index (χ3v) is 32.1. The van der Waals surface area contributed by atoms with Crippen molar-refractivity contribution < 1.29 is 24.8 Å². The average molecular weight is 1660 g/mol. The van der Waals surface area contributed by atoms with E-state index in [1.54, 1.807) is 34.1 Å². The van der Waals surface area contributed by atoms with Crippen LogP contribution in [0.25, 0.3) is 45.3 Å². The normalized spacial score (nSPS) is 29.5. The van der Waals surface area contributed by atoms with Crippen molar-refractivity contribution in [3.05, 3.63) is 211 Å². The molecule has 1 radical (unpaired) electrons.